The van der Waals surface area contributed by atoms with E-state index in [9.17, 15) is 14.0 Å². The van der Waals surface area contributed by atoms with Gasteiger partial charge in [-0.2, -0.15) is 0 Å². The van der Waals surface area contributed by atoms with E-state index < -0.39 is 0 Å². The van der Waals surface area contributed by atoms with Crippen molar-refractivity contribution in [2.24, 2.45) is 0 Å². The molecule has 5 heteroatoms. The molecular weight excluding hydrogens is 301 g/mol. The fraction of sp³-hybridized carbons (Fsp3) is 0.0588. The SMILES string of the molecule is O=C1C=C(NCSc2ccc(F)cc2)C(=O)c2ccccc21. The molecule has 110 valence electrons. The Morgan fingerprint density at radius 3 is 2.36 bits per heavy atom. The second-order valence-electron chi connectivity index (χ2n) is 4.72. The molecule has 22 heavy (non-hydrogen) atoms. The summed E-state index contributed by atoms with van der Waals surface area (Å²) in [4.78, 5) is 25.2. The third kappa shape index (κ3) is 2.94. The van der Waals surface area contributed by atoms with Crippen molar-refractivity contribution in [2.45, 2.75) is 4.90 Å². The van der Waals surface area contributed by atoms with Crippen LogP contribution in [0.2, 0.25) is 0 Å². The average Bonchev–Trinajstić information content (AvgIpc) is 2.54. The van der Waals surface area contributed by atoms with E-state index in [0.717, 1.165) is 4.90 Å². The van der Waals surface area contributed by atoms with Gasteiger partial charge < -0.3 is 5.32 Å². The minimum absolute atomic E-state index is 0.176. The molecule has 1 N–H and O–H groups in total. The van der Waals surface area contributed by atoms with Gasteiger partial charge in [0.05, 0.1) is 11.6 Å². The van der Waals surface area contributed by atoms with Crippen LogP contribution in [0.5, 0.6) is 0 Å². The molecule has 3 nitrogen and oxygen atoms in total. The number of carbonyl (C=O) groups excluding carboxylic acids is 2. The quantitative estimate of drug-likeness (QED) is 0.694. The number of hydrogen-bond acceptors (Lipinski definition) is 4. The molecule has 0 aliphatic heterocycles. The lowest BCUT2D eigenvalue weighted by molar-refractivity contribution is 0.0979. The first-order valence-corrected chi connectivity index (χ1v) is 7.66. The van der Waals surface area contributed by atoms with Gasteiger partial charge in [0, 0.05) is 22.1 Å². The Labute approximate surface area is 131 Å². The van der Waals surface area contributed by atoms with Gasteiger partial charge in [-0.1, -0.05) is 24.3 Å². The van der Waals surface area contributed by atoms with Crippen LogP contribution in [0.15, 0.2) is 65.2 Å². The van der Waals surface area contributed by atoms with E-state index in [1.165, 1.54) is 30.0 Å². The highest BCUT2D eigenvalue weighted by Crippen LogP contribution is 2.21. The first-order chi connectivity index (χ1) is 10.6. The Hall–Kier alpha value is -2.40. The van der Waals surface area contributed by atoms with E-state index in [2.05, 4.69) is 5.32 Å². The van der Waals surface area contributed by atoms with Crippen molar-refractivity contribution in [3.05, 3.63) is 77.2 Å². The van der Waals surface area contributed by atoms with Crippen molar-refractivity contribution in [2.75, 3.05) is 5.88 Å². The van der Waals surface area contributed by atoms with Crippen LogP contribution in [-0.4, -0.2) is 17.4 Å². The Morgan fingerprint density at radius 1 is 0.955 bits per heavy atom. The lowest BCUT2D eigenvalue weighted by Crippen LogP contribution is -2.26. The normalized spacial score (nSPS) is 13.6. The van der Waals surface area contributed by atoms with Gasteiger partial charge >= 0.3 is 0 Å². The lowest BCUT2D eigenvalue weighted by atomic mass is 9.93. The third-order valence-electron chi connectivity index (χ3n) is 3.27. The predicted molar refractivity (Wildman–Crippen MR) is 83.4 cm³/mol. The minimum atomic E-state index is -0.287. The molecule has 1 aliphatic rings. The topological polar surface area (TPSA) is 46.2 Å². The minimum Gasteiger partial charge on any atom is -0.372 e. The number of fused-ring (bicyclic) bond motifs is 1. The van der Waals surface area contributed by atoms with Crippen molar-refractivity contribution < 1.29 is 14.0 Å². The number of nitrogens with one attached hydrogen (secondary N) is 1. The average molecular weight is 313 g/mol. The molecule has 0 aromatic heterocycles. The van der Waals surface area contributed by atoms with Gasteiger partial charge in [0.2, 0.25) is 5.78 Å². The Morgan fingerprint density at radius 2 is 1.64 bits per heavy atom. The highest BCUT2D eigenvalue weighted by molar-refractivity contribution is 7.99. The molecule has 0 spiro atoms. The van der Waals surface area contributed by atoms with E-state index in [1.807, 2.05) is 0 Å². The number of benzene rings is 2. The van der Waals surface area contributed by atoms with Gasteiger partial charge in [-0.05, 0) is 24.3 Å². The van der Waals surface area contributed by atoms with Crippen LogP contribution in [0.1, 0.15) is 20.7 Å². The van der Waals surface area contributed by atoms with Gasteiger partial charge in [-0.25, -0.2) is 4.39 Å². The molecule has 0 unspecified atom stereocenters. The zero-order valence-corrected chi connectivity index (χ0v) is 12.3. The monoisotopic (exact) mass is 313 g/mol. The zero-order valence-electron chi connectivity index (χ0n) is 11.5. The molecule has 0 saturated carbocycles. The van der Waals surface area contributed by atoms with Crippen LogP contribution >= 0.6 is 11.8 Å². The van der Waals surface area contributed by atoms with Gasteiger partial charge in [0.15, 0.2) is 5.78 Å². The molecule has 0 atom stereocenters. The van der Waals surface area contributed by atoms with Crippen molar-refractivity contribution in [1.82, 2.24) is 5.32 Å². The Balaban J connectivity index is 1.67. The van der Waals surface area contributed by atoms with Crippen molar-refractivity contribution in [1.29, 1.82) is 0 Å². The first-order valence-electron chi connectivity index (χ1n) is 6.67. The summed E-state index contributed by atoms with van der Waals surface area (Å²) in [5.41, 5.74) is 1.15. The van der Waals surface area contributed by atoms with Crippen LogP contribution in [0.4, 0.5) is 4.39 Å². The number of halogens is 1. The molecule has 0 heterocycles. The molecule has 1 aliphatic carbocycles. The molecule has 0 radical (unpaired) electrons. The molecule has 0 fully saturated rings. The highest BCUT2D eigenvalue weighted by atomic mass is 32.2. The number of Topliss-reactive ketones (excluding diaryl/α,β-unsaturated/α-hetero) is 1. The third-order valence-corrected chi connectivity index (χ3v) is 4.17. The molecule has 0 saturated heterocycles. The van der Waals surface area contributed by atoms with Crippen LogP contribution in [0.3, 0.4) is 0 Å². The molecular formula is C17H12FNO2S. The summed E-state index contributed by atoms with van der Waals surface area (Å²) in [5, 5.41) is 2.97. The van der Waals surface area contributed by atoms with Gasteiger partial charge in [0.1, 0.15) is 5.82 Å². The van der Waals surface area contributed by atoms with Gasteiger partial charge in [-0.15, -0.1) is 11.8 Å². The number of allylic oxidation sites excluding steroid dienone is 2. The van der Waals surface area contributed by atoms with Crippen LogP contribution in [0.25, 0.3) is 0 Å². The lowest BCUT2D eigenvalue weighted by Gasteiger charge is -2.16. The van der Waals surface area contributed by atoms with Crippen LogP contribution < -0.4 is 5.32 Å². The van der Waals surface area contributed by atoms with Gasteiger partial charge in [0.25, 0.3) is 0 Å². The number of thioether (sulfide) groups is 1. The van der Waals surface area contributed by atoms with E-state index in [4.69, 9.17) is 0 Å². The summed E-state index contributed by atoms with van der Waals surface area (Å²) in [6.07, 6.45) is 1.33. The van der Waals surface area contributed by atoms with E-state index in [0.29, 0.717) is 22.7 Å². The van der Waals surface area contributed by atoms with Crippen molar-refractivity contribution in [3.8, 4) is 0 Å². The van der Waals surface area contributed by atoms with E-state index >= 15 is 0 Å². The second-order valence-corrected chi connectivity index (χ2v) is 5.77. The van der Waals surface area contributed by atoms with Crippen LogP contribution in [0, 0.1) is 5.82 Å². The summed E-state index contributed by atoms with van der Waals surface area (Å²) in [5.74, 6) is -0.234. The molecule has 2 aromatic carbocycles. The zero-order chi connectivity index (χ0) is 15.5. The summed E-state index contributed by atoms with van der Waals surface area (Å²) in [6.45, 7) is 0. The standard InChI is InChI=1S/C17H12FNO2S/c18-11-5-7-12(8-6-11)22-10-19-15-9-16(20)13-3-1-2-4-14(13)17(15)21/h1-9,19H,10H2. The number of hydrogen-bond donors (Lipinski definition) is 1. The first kappa shape index (κ1) is 14.5. The number of ketones is 2. The predicted octanol–water partition coefficient (Wildman–Crippen LogP) is 3.43. The summed E-state index contributed by atoms with van der Waals surface area (Å²) < 4.78 is 12.8. The van der Waals surface area contributed by atoms with Crippen molar-refractivity contribution in [3.63, 3.8) is 0 Å². The maximum atomic E-state index is 12.8. The fourth-order valence-corrected chi connectivity index (χ4v) is 2.90. The Kier molecular flexibility index (Phi) is 4.06. The molecule has 0 bridgehead atoms. The highest BCUT2D eigenvalue weighted by Gasteiger charge is 2.24. The molecule has 0 amide bonds. The number of rotatable bonds is 4. The Bertz CT molecular complexity index is 768. The largest absolute Gasteiger partial charge is 0.372 e. The smallest absolute Gasteiger partial charge is 0.209 e. The number of carbonyl (C=O) groups is 2. The maximum absolute atomic E-state index is 12.8. The van der Waals surface area contributed by atoms with E-state index in [-0.39, 0.29) is 17.4 Å². The van der Waals surface area contributed by atoms with E-state index in [1.54, 1.807) is 36.4 Å². The maximum Gasteiger partial charge on any atom is 0.209 e. The van der Waals surface area contributed by atoms with Crippen molar-refractivity contribution >= 4 is 23.3 Å². The van der Waals surface area contributed by atoms with Gasteiger partial charge in [-0.3, -0.25) is 9.59 Å². The summed E-state index contributed by atoms with van der Waals surface area (Å²) >= 11 is 1.43. The summed E-state index contributed by atoms with van der Waals surface area (Å²) in [7, 11) is 0. The molecule has 3 rings (SSSR count). The summed E-state index contributed by atoms with van der Waals surface area (Å²) in [6, 6.07) is 12.9. The van der Waals surface area contributed by atoms with Crippen LogP contribution in [-0.2, 0) is 0 Å². The molecule has 2 aromatic rings. The fourth-order valence-electron chi connectivity index (χ4n) is 2.17. The second kappa shape index (κ2) is 6.15.